The van der Waals surface area contributed by atoms with E-state index in [1.54, 1.807) is 11.8 Å². The number of thioether (sulfide) groups is 1. The van der Waals surface area contributed by atoms with Crippen LogP contribution in [-0.4, -0.2) is 88.3 Å². The molecule has 2 fully saturated rings. The van der Waals surface area contributed by atoms with Gasteiger partial charge in [-0.15, -0.1) is 11.8 Å². The van der Waals surface area contributed by atoms with E-state index in [9.17, 15) is 14.4 Å². The maximum atomic E-state index is 12.5. The number of ether oxygens (including phenoxy) is 1. The third-order valence-corrected chi connectivity index (χ3v) is 7.22. The molecule has 1 N–H and O–H groups in total. The molecule has 0 bridgehead atoms. The summed E-state index contributed by atoms with van der Waals surface area (Å²) >= 11 is 7.66. The van der Waals surface area contributed by atoms with E-state index >= 15 is 0 Å². The lowest BCUT2D eigenvalue weighted by atomic mass is 10.0. The Balaban J connectivity index is 1.73. The summed E-state index contributed by atoms with van der Waals surface area (Å²) in [5.74, 6) is 0.130. The molecule has 3 heterocycles. The number of morpholine rings is 1. The quantitative estimate of drug-likeness (QED) is 0.243. The Hall–Kier alpha value is -0.680. The van der Waals surface area contributed by atoms with Crippen molar-refractivity contribution in [3.05, 3.63) is 23.4 Å². The van der Waals surface area contributed by atoms with Gasteiger partial charge < -0.3 is 14.5 Å². The SMILES string of the molecule is C[N+]1(C/C=C/C2=C(C(=O)Br)N3C(=O)[C@@H](NC(=O)CBr)[C@H]3SC2)CCOCC1. The van der Waals surface area contributed by atoms with Crippen LogP contribution in [0.5, 0.6) is 0 Å². The molecule has 7 nitrogen and oxygen atoms in total. The molecule has 0 aliphatic carbocycles. The van der Waals surface area contributed by atoms with Crippen LogP contribution in [0.25, 0.3) is 0 Å². The minimum atomic E-state index is -0.578. The van der Waals surface area contributed by atoms with Crippen LogP contribution in [0.1, 0.15) is 0 Å². The molecule has 0 radical (unpaired) electrons. The van der Waals surface area contributed by atoms with E-state index in [0.717, 1.165) is 42.9 Å². The molecule has 3 aliphatic rings. The van der Waals surface area contributed by atoms with Crippen molar-refractivity contribution in [2.45, 2.75) is 11.4 Å². The van der Waals surface area contributed by atoms with Gasteiger partial charge in [0.15, 0.2) is 0 Å². The van der Waals surface area contributed by atoms with Gasteiger partial charge in [0.2, 0.25) is 10.6 Å². The second-order valence-electron chi connectivity index (χ2n) is 7.00. The number of likely N-dealkylation sites (N-methyl/N-ethyl adjacent to an activating group) is 1. The van der Waals surface area contributed by atoms with Gasteiger partial charge in [0.25, 0.3) is 5.91 Å². The number of rotatable bonds is 6. The third kappa shape index (κ3) is 4.50. The lowest BCUT2D eigenvalue weighted by Gasteiger charge is -2.49. The Kier molecular flexibility index (Phi) is 6.83. The highest BCUT2D eigenvalue weighted by Gasteiger charge is 2.53. The van der Waals surface area contributed by atoms with Crippen molar-refractivity contribution in [3.8, 4) is 0 Å². The number of alkyl halides is 1. The lowest BCUT2D eigenvalue weighted by Crippen LogP contribution is -2.70. The Morgan fingerprint density at radius 1 is 1.41 bits per heavy atom. The summed E-state index contributed by atoms with van der Waals surface area (Å²) in [6.07, 6.45) is 4.03. The van der Waals surface area contributed by atoms with Crippen molar-refractivity contribution >= 4 is 60.1 Å². The topological polar surface area (TPSA) is 75.7 Å². The predicted molar refractivity (Wildman–Crippen MR) is 111 cm³/mol. The van der Waals surface area contributed by atoms with Gasteiger partial charge in [0, 0.05) is 5.75 Å². The highest BCUT2D eigenvalue weighted by atomic mass is 79.9. The average Bonchev–Trinajstić information content (AvgIpc) is 2.65. The first-order valence-electron chi connectivity index (χ1n) is 8.67. The number of nitrogens with zero attached hydrogens (tertiary/aromatic N) is 2. The molecule has 2 atom stereocenters. The number of carbonyl (C=O) groups is 3. The molecule has 0 aromatic heterocycles. The Labute approximate surface area is 179 Å². The smallest absolute Gasteiger partial charge is 0.253 e. The number of nitrogens with one attached hydrogen (secondary N) is 1. The molecular formula is C17H22Br2N3O4S+. The van der Waals surface area contributed by atoms with Gasteiger partial charge in [-0.05, 0) is 27.6 Å². The zero-order valence-electron chi connectivity index (χ0n) is 15.0. The Morgan fingerprint density at radius 3 is 2.74 bits per heavy atom. The summed E-state index contributed by atoms with van der Waals surface area (Å²) in [4.78, 5) is 37.8. The Morgan fingerprint density at radius 2 is 2.11 bits per heavy atom. The number of fused-ring (bicyclic) bond motifs is 1. The molecule has 2 saturated heterocycles. The second-order valence-corrected chi connectivity index (χ2v) is 9.39. The maximum Gasteiger partial charge on any atom is 0.253 e. The minimum Gasteiger partial charge on any atom is -0.370 e. The first-order valence-corrected chi connectivity index (χ1v) is 11.6. The minimum absolute atomic E-state index is 0.143. The van der Waals surface area contributed by atoms with Crippen molar-refractivity contribution in [1.82, 2.24) is 10.2 Å². The van der Waals surface area contributed by atoms with Gasteiger partial charge >= 0.3 is 0 Å². The first-order chi connectivity index (χ1) is 12.9. The second kappa shape index (κ2) is 8.77. The average molecular weight is 524 g/mol. The van der Waals surface area contributed by atoms with Crippen molar-refractivity contribution in [3.63, 3.8) is 0 Å². The van der Waals surface area contributed by atoms with Gasteiger partial charge in [0.1, 0.15) is 30.2 Å². The molecular weight excluding hydrogens is 502 g/mol. The highest BCUT2D eigenvalue weighted by molar-refractivity contribution is 9.18. The molecule has 148 valence electrons. The standard InChI is InChI=1S/C17H21Br2N3O4S/c1-22(5-7-26-8-6-22)4-2-3-11-10-27-17-13(20-12(23)9-18)16(25)21(17)14(11)15(19)24/h2-3,13,17H,4-10H2,1H3/p+1/b3-2+/t13-,17-/m1/s1. The summed E-state index contributed by atoms with van der Waals surface area (Å²) in [6, 6.07) is -0.578. The number of hydrogen-bond acceptors (Lipinski definition) is 5. The van der Waals surface area contributed by atoms with E-state index in [1.165, 1.54) is 4.90 Å². The first kappa shape index (κ1) is 21.0. The molecule has 27 heavy (non-hydrogen) atoms. The zero-order chi connectivity index (χ0) is 19.6. The predicted octanol–water partition coefficient (Wildman–Crippen LogP) is 0.990. The fraction of sp³-hybridized carbons (Fsp3) is 0.588. The van der Waals surface area contributed by atoms with Crippen molar-refractivity contribution in [2.24, 2.45) is 0 Å². The number of amides is 2. The molecule has 0 saturated carbocycles. The molecule has 0 aromatic carbocycles. The fourth-order valence-corrected chi connectivity index (χ4v) is 5.31. The summed E-state index contributed by atoms with van der Waals surface area (Å²) in [5, 5.41) is 2.61. The van der Waals surface area contributed by atoms with Gasteiger partial charge in [-0.2, -0.15) is 0 Å². The van der Waals surface area contributed by atoms with Crippen LogP contribution < -0.4 is 5.32 Å². The van der Waals surface area contributed by atoms with Gasteiger partial charge in [-0.1, -0.05) is 22.0 Å². The summed E-state index contributed by atoms with van der Waals surface area (Å²) in [5.41, 5.74) is 1.21. The van der Waals surface area contributed by atoms with Crippen LogP contribution in [0.15, 0.2) is 23.4 Å². The van der Waals surface area contributed by atoms with E-state index in [4.69, 9.17) is 4.74 Å². The van der Waals surface area contributed by atoms with Gasteiger partial charge in [0.05, 0.1) is 32.1 Å². The number of quaternary nitrogens is 1. The summed E-state index contributed by atoms with van der Waals surface area (Å²) in [6.45, 7) is 4.30. The van der Waals surface area contributed by atoms with Gasteiger partial charge in [-0.25, -0.2) is 0 Å². The number of allylic oxidation sites excluding steroid dienone is 2. The largest absolute Gasteiger partial charge is 0.370 e. The van der Waals surface area contributed by atoms with Crippen LogP contribution in [0.3, 0.4) is 0 Å². The number of hydrogen-bond donors (Lipinski definition) is 1. The van der Waals surface area contributed by atoms with Crippen molar-refractivity contribution < 1.29 is 23.6 Å². The van der Waals surface area contributed by atoms with Gasteiger partial charge in [-0.3, -0.25) is 19.3 Å². The van der Waals surface area contributed by atoms with E-state index in [0.29, 0.717) is 11.4 Å². The molecule has 3 aliphatic heterocycles. The molecule has 10 heteroatoms. The van der Waals surface area contributed by atoms with Crippen LogP contribution in [0, 0.1) is 0 Å². The lowest BCUT2D eigenvalue weighted by molar-refractivity contribution is -0.911. The normalized spacial score (nSPS) is 27.4. The number of β-lactam (4-membered cyclic amide) rings is 1. The van der Waals surface area contributed by atoms with Crippen LogP contribution in [0.2, 0.25) is 0 Å². The molecule has 0 unspecified atom stereocenters. The van der Waals surface area contributed by atoms with E-state index in [1.807, 2.05) is 6.08 Å². The zero-order valence-corrected chi connectivity index (χ0v) is 18.9. The number of halogens is 2. The highest BCUT2D eigenvalue weighted by Crippen LogP contribution is 2.41. The van der Waals surface area contributed by atoms with Crippen molar-refractivity contribution in [2.75, 3.05) is 51.0 Å². The van der Waals surface area contributed by atoms with Crippen LogP contribution >= 0.6 is 43.6 Å². The van der Waals surface area contributed by atoms with E-state index in [2.05, 4.69) is 50.3 Å². The molecule has 3 rings (SSSR count). The molecule has 2 amide bonds. The van der Waals surface area contributed by atoms with E-state index < -0.39 is 6.04 Å². The Bertz CT molecular complexity index is 706. The number of carbonyl (C=O) groups excluding carboxylic acids is 3. The maximum absolute atomic E-state index is 12.5. The fourth-order valence-electron chi connectivity index (χ4n) is 3.38. The molecule has 0 aromatic rings. The molecule has 0 spiro atoms. The third-order valence-electron chi connectivity index (χ3n) is 5.04. The van der Waals surface area contributed by atoms with Crippen LogP contribution in [-0.2, 0) is 19.1 Å². The van der Waals surface area contributed by atoms with Crippen molar-refractivity contribution in [1.29, 1.82) is 0 Å². The van der Waals surface area contributed by atoms with E-state index in [-0.39, 0.29) is 27.2 Å². The monoisotopic (exact) mass is 522 g/mol. The summed E-state index contributed by atoms with van der Waals surface area (Å²) < 4.78 is 6.02. The summed E-state index contributed by atoms with van der Waals surface area (Å²) in [7, 11) is 2.19. The van der Waals surface area contributed by atoms with Crippen LogP contribution in [0.4, 0.5) is 0 Å².